The van der Waals surface area contributed by atoms with Crippen molar-refractivity contribution in [3.05, 3.63) is 52.6 Å². The summed E-state index contributed by atoms with van der Waals surface area (Å²) in [4.78, 5) is 29.7. The van der Waals surface area contributed by atoms with Crippen LogP contribution in [0.3, 0.4) is 0 Å². The largest absolute Gasteiger partial charge is 0.383 e. The van der Waals surface area contributed by atoms with Gasteiger partial charge in [0.05, 0.1) is 27.9 Å². The summed E-state index contributed by atoms with van der Waals surface area (Å²) < 4.78 is 15.5. The lowest BCUT2D eigenvalue weighted by Gasteiger charge is -2.45. The quantitative estimate of drug-likeness (QED) is 0.249. The zero-order valence-corrected chi connectivity index (χ0v) is 22.2. The number of para-hydroxylation sites is 2. The molecule has 4 aromatic rings. The summed E-state index contributed by atoms with van der Waals surface area (Å²) in [6.07, 6.45) is 5.76. The molecule has 1 atom stereocenters. The van der Waals surface area contributed by atoms with E-state index in [1.165, 1.54) is 12.8 Å². The number of rotatable bonds is 8. The Kier molecular flexibility index (Phi) is 6.48. The Hall–Kier alpha value is -3.43. The lowest BCUT2D eigenvalue weighted by molar-refractivity contribution is 0.0976. The average Bonchev–Trinajstić information content (AvgIpc) is 3.62. The van der Waals surface area contributed by atoms with E-state index in [0.717, 1.165) is 69.6 Å². The SMILES string of the molecule is O=c1[nH]c2cc(NCCCN3CCCC3)c(F)cc2c(N[C@H]2CN3CCC2CC3)c1-c1nc2ccccc2[nH]1. The second-order valence-electron chi connectivity index (χ2n) is 11.4. The maximum Gasteiger partial charge on any atom is 0.261 e. The summed E-state index contributed by atoms with van der Waals surface area (Å²) in [6.45, 7) is 7.20. The predicted octanol–water partition coefficient (Wildman–Crippen LogP) is 4.61. The number of anilines is 2. The second kappa shape index (κ2) is 10.3. The van der Waals surface area contributed by atoms with Crippen molar-refractivity contribution in [2.75, 3.05) is 56.4 Å². The number of piperidine rings is 3. The summed E-state index contributed by atoms with van der Waals surface area (Å²) in [7, 11) is 0. The first-order chi connectivity index (χ1) is 19.1. The van der Waals surface area contributed by atoms with Crippen molar-refractivity contribution in [3.63, 3.8) is 0 Å². The van der Waals surface area contributed by atoms with Gasteiger partial charge in [0.1, 0.15) is 17.2 Å². The molecule has 39 heavy (non-hydrogen) atoms. The number of benzene rings is 2. The van der Waals surface area contributed by atoms with Crippen LogP contribution in [0.5, 0.6) is 0 Å². The monoisotopic (exact) mass is 529 g/mol. The molecule has 8 rings (SSSR count). The first kappa shape index (κ1) is 24.6. The Labute approximate surface area is 227 Å². The normalized spacial score (nSPS) is 23.2. The van der Waals surface area contributed by atoms with Crippen molar-refractivity contribution in [2.45, 2.75) is 38.1 Å². The number of halogens is 1. The smallest absolute Gasteiger partial charge is 0.261 e. The molecule has 4 N–H and O–H groups in total. The van der Waals surface area contributed by atoms with Gasteiger partial charge in [-0.25, -0.2) is 9.37 Å². The fraction of sp³-hybridized carbons (Fsp3) is 0.467. The number of hydrogen-bond acceptors (Lipinski definition) is 6. The minimum absolute atomic E-state index is 0.201. The van der Waals surface area contributed by atoms with E-state index in [1.807, 2.05) is 24.3 Å². The van der Waals surface area contributed by atoms with Crippen LogP contribution in [0.15, 0.2) is 41.2 Å². The molecular formula is C30H36FN7O. The summed E-state index contributed by atoms with van der Waals surface area (Å²) in [5.74, 6) is 0.713. The number of imidazole rings is 1. The van der Waals surface area contributed by atoms with Gasteiger partial charge in [0.15, 0.2) is 0 Å². The number of H-pyrrole nitrogens is 2. The Morgan fingerprint density at radius 2 is 1.85 bits per heavy atom. The van der Waals surface area contributed by atoms with E-state index in [-0.39, 0.29) is 17.4 Å². The number of nitrogens with one attached hydrogen (secondary N) is 4. The van der Waals surface area contributed by atoms with Gasteiger partial charge in [0.2, 0.25) is 0 Å². The molecule has 4 saturated heterocycles. The molecule has 2 aromatic carbocycles. The molecule has 204 valence electrons. The van der Waals surface area contributed by atoms with Crippen LogP contribution >= 0.6 is 0 Å². The molecule has 2 bridgehead atoms. The van der Waals surface area contributed by atoms with Crippen LogP contribution < -0.4 is 16.2 Å². The number of likely N-dealkylation sites (tertiary alicyclic amines) is 1. The van der Waals surface area contributed by atoms with Crippen molar-refractivity contribution in [1.82, 2.24) is 24.8 Å². The maximum absolute atomic E-state index is 15.5. The summed E-state index contributed by atoms with van der Waals surface area (Å²) in [5.41, 5.74) is 3.54. The van der Waals surface area contributed by atoms with Crippen molar-refractivity contribution >= 4 is 33.3 Å². The van der Waals surface area contributed by atoms with Gasteiger partial charge < -0.3 is 30.4 Å². The molecule has 6 heterocycles. The Morgan fingerprint density at radius 1 is 1.03 bits per heavy atom. The lowest BCUT2D eigenvalue weighted by atomic mass is 9.83. The number of pyridine rings is 1. The van der Waals surface area contributed by atoms with E-state index >= 15 is 4.39 Å². The summed E-state index contributed by atoms with van der Waals surface area (Å²) in [5, 5.41) is 7.66. The van der Waals surface area contributed by atoms with Crippen LogP contribution in [0.4, 0.5) is 15.8 Å². The standard InChI is InChI=1S/C30H36FN7O/c31-21-16-20-24(17-25(21)32-10-5-13-37-11-3-4-12-37)36-30(39)27(29-34-22-6-1-2-7-23(22)35-29)28(20)33-26-18-38-14-8-19(26)9-15-38/h1-2,6-7,16-17,19,26,32H,3-5,8-15,18H2,(H,34,35)(H2,33,36,39)/t26-/m0/s1. The average molecular weight is 530 g/mol. The van der Waals surface area contributed by atoms with Crippen LogP contribution in [0.1, 0.15) is 32.1 Å². The van der Waals surface area contributed by atoms with Crippen LogP contribution in [-0.4, -0.2) is 76.6 Å². The number of hydrogen-bond donors (Lipinski definition) is 4. The minimum atomic E-state index is -0.316. The van der Waals surface area contributed by atoms with Gasteiger partial charge in [-0.1, -0.05) is 12.1 Å². The van der Waals surface area contributed by atoms with Crippen LogP contribution in [-0.2, 0) is 0 Å². The third kappa shape index (κ3) is 4.78. The molecule has 2 aromatic heterocycles. The molecule has 4 fully saturated rings. The van der Waals surface area contributed by atoms with Gasteiger partial charge in [0, 0.05) is 24.5 Å². The van der Waals surface area contributed by atoms with Crippen LogP contribution in [0.2, 0.25) is 0 Å². The highest BCUT2D eigenvalue weighted by atomic mass is 19.1. The van der Waals surface area contributed by atoms with E-state index < -0.39 is 0 Å². The van der Waals surface area contributed by atoms with E-state index in [9.17, 15) is 4.79 Å². The fourth-order valence-electron chi connectivity index (χ4n) is 6.75. The Bertz CT molecular complexity index is 1520. The highest BCUT2D eigenvalue weighted by Gasteiger charge is 2.35. The number of aromatic nitrogens is 3. The van der Waals surface area contributed by atoms with E-state index in [4.69, 9.17) is 4.98 Å². The van der Waals surface area contributed by atoms with E-state index in [0.29, 0.717) is 46.1 Å². The first-order valence-electron chi connectivity index (χ1n) is 14.4. The summed E-state index contributed by atoms with van der Waals surface area (Å²) in [6, 6.07) is 11.2. The van der Waals surface area contributed by atoms with E-state index in [1.54, 1.807) is 12.1 Å². The van der Waals surface area contributed by atoms with Gasteiger partial charge in [-0.15, -0.1) is 0 Å². The number of nitrogens with zero attached hydrogens (tertiary/aromatic N) is 3. The van der Waals surface area contributed by atoms with Gasteiger partial charge >= 0.3 is 0 Å². The minimum Gasteiger partial charge on any atom is -0.383 e. The van der Waals surface area contributed by atoms with Gasteiger partial charge in [-0.2, -0.15) is 0 Å². The molecule has 4 aliphatic rings. The fourth-order valence-corrected chi connectivity index (χ4v) is 6.75. The molecular weight excluding hydrogens is 493 g/mol. The highest BCUT2D eigenvalue weighted by molar-refractivity contribution is 6.00. The molecule has 0 amide bonds. The van der Waals surface area contributed by atoms with Gasteiger partial charge in [-0.05, 0) is 95.0 Å². The van der Waals surface area contributed by atoms with Crippen molar-refractivity contribution in [1.29, 1.82) is 0 Å². The zero-order valence-electron chi connectivity index (χ0n) is 22.2. The van der Waals surface area contributed by atoms with Crippen molar-refractivity contribution in [3.8, 4) is 11.4 Å². The third-order valence-corrected chi connectivity index (χ3v) is 8.88. The molecule has 0 aliphatic carbocycles. The molecule has 0 radical (unpaired) electrons. The Morgan fingerprint density at radius 3 is 2.62 bits per heavy atom. The second-order valence-corrected chi connectivity index (χ2v) is 11.4. The number of aromatic amines is 2. The third-order valence-electron chi connectivity index (χ3n) is 8.88. The molecule has 0 saturated carbocycles. The van der Waals surface area contributed by atoms with Crippen LogP contribution in [0.25, 0.3) is 33.3 Å². The maximum atomic E-state index is 15.5. The molecule has 0 spiro atoms. The molecule has 4 aliphatic heterocycles. The predicted molar refractivity (Wildman–Crippen MR) is 155 cm³/mol. The van der Waals surface area contributed by atoms with Gasteiger partial charge in [0.25, 0.3) is 5.56 Å². The van der Waals surface area contributed by atoms with Crippen LogP contribution in [0, 0.1) is 11.7 Å². The molecule has 8 nitrogen and oxygen atoms in total. The lowest BCUT2D eigenvalue weighted by Crippen LogP contribution is -2.53. The zero-order chi connectivity index (χ0) is 26.3. The van der Waals surface area contributed by atoms with Crippen molar-refractivity contribution in [2.24, 2.45) is 5.92 Å². The van der Waals surface area contributed by atoms with Crippen molar-refractivity contribution < 1.29 is 4.39 Å². The number of fused-ring (bicyclic) bond motifs is 5. The molecule has 9 heteroatoms. The Balaban J connectivity index is 1.26. The van der Waals surface area contributed by atoms with E-state index in [2.05, 4.69) is 30.4 Å². The van der Waals surface area contributed by atoms with Gasteiger partial charge in [-0.3, -0.25) is 4.79 Å². The molecule has 0 unspecified atom stereocenters. The highest BCUT2D eigenvalue weighted by Crippen LogP contribution is 2.37. The topological polar surface area (TPSA) is 92.1 Å². The first-order valence-corrected chi connectivity index (χ1v) is 14.4. The summed E-state index contributed by atoms with van der Waals surface area (Å²) >= 11 is 0.